The number of hydrogen-bond donors (Lipinski definition) is 1. The number of anilines is 2. The molecule has 2 aromatic rings. The van der Waals surface area contributed by atoms with Crippen LogP contribution in [0.5, 0.6) is 0 Å². The molecule has 1 heterocycles. The molecule has 0 saturated heterocycles. The van der Waals surface area contributed by atoms with Gasteiger partial charge in [0.25, 0.3) is 0 Å². The lowest BCUT2D eigenvalue weighted by molar-refractivity contribution is 0.0636. The Morgan fingerprint density at radius 2 is 1.88 bits per heavy atom. The maximum absolute atomic E-state index is 12.7. The predicted octanol–water partition coefficient (Wildman–Crippen LogP) is 2.91. The van der Waals surface area contributed by atoms with Gasteiger partial charge in [0.15, 0.2) is 0 Å². The second kappa shape index (κ2) is 6.39. The van der Waals surface area contributed by atoms with Crippen LogP contribution in [-0.4, -0.2) is 42.4 Å². The number of fused-ring (bicyclic) bond motifs is 1. The second-order valence-corrected chi connectivity index (χ2v) is 9.47. The summed E-state index contributed by atoms with van der Waals surface area (Å²) in [5, 5.41) is 2.24. The molecule has 1 aromatic heterocycles. The first kappa shape index (κ1) is 18.4. The highest BCUT2D eigenvalue weighted by Gasteiger charge is 2.40. The second-order valence-electron chi connectivity index (χ2n) is 7.22. The van der Waals surface area contributed by atoms with Gasteiger partial charge in [-0.2, -0.15) is 0 Å². The van der Waals surface area contributed by atoms with Gasteiger partial charge in [0.05, 0.1) is 16.5 Å². The SMILES string of the molecule is CN(c1c(NC(=O)OC(C)(C)C)ccc2nccnc12)S(=O)(=O)C1CC1. The fourth-order valence-corrected chi connectivity index (χ4v) is 4.19. The van der Waals surface area contributed by atoms with Gasteiger partial charge in [-0.25, -0.2) is 13.2 Å². The lowest BCUT2D eigenvalue weighted by atomic mass is 10.2. The molecule has 1 aliphatic rings. The van der Waals surface area contributed by atoms with Crippen LogP contribution in [0.15, 0.2) is 24.5 Å². The molecule has 1 amide bonds. The van der Waals surface area contributed by atoms with Crippen LogP contribution in [0.3, 0.4) is 0 Å². The van der Waals surface area contributed by atoms with E-state index >= 15 is 0 Å². The smallest absolute Gasteiger partial charge is 0.412 e. The molecule has 0 aliphatic heterocycles. The topological polar surface area (TPSA) is 101 Å². The number of ether oxygens (including phenoxy) is 1. The highest BCUT2D eigenvalue weighted by Crippen LogP contribution is 2.38. The first-order valence-corrected chi connectivity index (χ1v) is 9.81. The first-order valence-electron chi connectivity index (χ1n) is 8.31. The predicted molar refractivity (Wildman–Crippen MR) is 99.7 cm³/mol. The highest BCUT2D eigenvalue weighted by atomic mass is 32.2. The number of nitrogens with one attached hydrogen (secondary N) is 1. The molecule has 1 aromatic carbocycles. The van der Waals surface area contributed by atoms with E-state index in [4.69, 9.17) is 4.74 Å². The van der Waals surface area contributed by atoms with Gasteiger partial charge in [-0.05, 0) is 45.7 Å². The minimum absolute atomic E-state index is 0.286. The van der Waals surface area contributed by atoms with Crippen LogP contribution in [0.1, 0.15) is 33.6 Å². The van der Waals surface area contributed by atoms with Gasteiger partial charge in [-0.1, -0.05) is 0 Å². The average Bonchev–Trinajstić information content (AvgIpc) is 3.37. The minimum Gasteiger partial charge on any atom is -0.444 e. The normalized spacial score (nSPS) is 14.9. The lowest BCUT2D eigenvalue weighted by Gasteiger charge is -2.24. The van der Waals surface area contributed by atoms with Crippen LogP contribution in [0.2, 0.25) is 0 Å². The Morgan fingerprint density at radius 3 is 2.50 bits per heavy atom. The van der Waals surface area contributed by atoms with Crippen molar-refractivity contribution >= 4 is 38.5 Å². The molecule has 140 valence electrons. The summed E-state index contributed by atoms with van der Waals surface area (Å²) in [6.07, 6.45) is 3.62. The standard InChI is InChI=1S/C17H22N4O4S/c1-17(2,3)25-16(22)20-13-8-7-12-14(19-10-9-18-12)15(13)21(4)26(23,24)11-5-6-11/h7-11H,5-6H2,1-4H3,(H,20,22). The highest BCUT2D eigenvalue weighted by molar-refractivity contribution is 7.93. The quantitative estimate of drug-likeness (QED) is 0.878. The van der Waals surface area contributed by atoms with Crippen molar-refractivity contribution in [3.8, 4) is 0 Å². The number of amides is 1. The van der Waals surface area contributed by atoms with Gasteiger partial charge in [-0.3, -0.25) is 19.6 Å². The Kier molecular flexibility index (Phi) is 4.51. The van der Waals surface area contributed by atoms with Crippen molar-refractivity contribution in [3.05, 3.63) is 24.5 Å². The van der Waals surface area contributed by atoms with Crippen LogP contribution in [0.4, 0.5) is 16.2 Å². The van der Waals surface area contributed by atoms with E-state index in [9.17, 15) is 13.2 Å². The van der Waals surface area contributed by atoms with E-state index in [0.717, 1.165) is 0 Å². The van der Waals surface area contributed by atoms with Crippen molar-refractivity contribution in [2.24, 2.45) is 0 Å². The van der Waals surface area contributed by atoms with E-state index in [2.05, 4.69) is 15.3 Å². The molecule has 1 saturated carbocycles. The molecule has 1 fully saturated rings. The van der Waals surface area contributed by atoms with Crippen molar-refractivity contribution in [1.29, 1.82) is 0 Å². The summed E-state index contributed by atoms with van der Waals surface area (Å²) in [5.74, 6) is 0. The number of nitrogens with zero attached hydrogens (tertiary/aromatic N) is 3. The number of hydrogen-bond acceptors (Lipinski definition) is 6. The third-order valence-electron chi connectivity index (χ3n) is 3.89. The van der Waals surface area contributed by atoms with Gasteiger partial charge < -0.3 is 4.74 Å². The Morgan fingerprint density at radius 1 is 1.23 bits per heavy atom. The van der Waals surface area contributed by atoms with Crippen molar-refractivity contribution in [3.63, 3.8) is 0 Å². The molecule has 1 N–H and O–H groups in total. The number of sulfonamides is 1. The van der Waals surface area contributed by atoms with E-state index < -0.39 is 27.0 Å². The van der Waals surface area contributed by atoms with Crippen molar-refractivity contribution in [2.45, 2.75) is 44.5 Å². The lowest BCUT2D eigenvalue weighted by Crippen LogP contribution is -2.32. The molecular formula is C17H22N4O4S. The zero-order chi connectivity index (χ0) is 19.1. The van der Waals surface area contributed by atoms with E-state index in [0.29, 0.717) is 29.6 Å². The Labute approximate surface area is 152 Å². The molecule has 0 radical (unpaired) electrons. The summed E-state index contributed by atoms with van der Waals surface area (Å²) in [4.78, 5) is 20.7. The summed E-state index contributed by atoms with van der Waals surface area (Å²) in [5.41, 5.74) is 0.850. The monoisotopic (exact) mass is 378 g/mol. The van der Waals surface area contributed by atoms with Crippen molar-refractivity contribution in [2.75, 3.05) is 16.7 Å². The van der Waals surface area contributed by atoms with Crippen molar-refractivity contribution in [1.82, 2.24) is 9.97 Å². The average molecular weight is 378 g/mol. The molecule has 9 heteroatoms. The first-order chi connectivity index (χ1) is 12.1. The van der Waals surface area contributed by atoms with Crippen LogP contribution >= 0.6 is 0 Å². The van der Waals surface area contributed by atoms with Gasteiger partial charge >= 0.3 is 6.09 Å². The summed E-state index contributed by atoms with van der Waals surface area (Å²) in [6, 6.07) is 3.28. The van der Waals surface area contributed by atoms with Crippen LogP contribution in [-0.2, 0) is 14.8 Å². The maximum Gasteiger partial charge on any atom is 0.412 e. The van der Waals surface area contributed by atoms with Gasteiger partial charge in [-0.15, -0.1) is 0 Å². The summed E-state index contributed by atoms with van der Waals surface area (Å²) in [7, 11) is -2.06. The molecule has 0 unspecified atom stereocenters. The Hall–Kier alpha value is -2.42. The number of aromatic nitrogens is 2. The third-order valence-corrected chi connectivity index (χ3v) is 6.15. The number of rotatable bonds is 4. The zero-order valence-corrected chi connectivity index (χ0v) is 16.0. The molecular weight excluding hydrogens is 356 g/mol. The molecule has 26 heavy (non-hydrogen) atoms. The molecule has 1 aliphatic carbocycles. The minimum atomic E-state index is -3.53. The number of carbonyl (C=O) groups is 1. The fourth-order valence-electron chi connectivity index (χ4n) is 2.57. The van der Waals surface area contributed by atoms with E-state index in [1.165, 1.54) is 23.7 Å². The summed E-state index contributed by atoms with van der Waals surface area (Å²) >= 11 is 0. The molecule has 0 atom stereocenters. The number of carbonyl (C=O) groups excluding carboxylic acids is 1. The zero-order valence-electron chi connectivity index (χ0n) is 15.2. The largest absolute Gasteiger partial charge is 0.444 e. The molecule has 0 bridgehead atoms. The van der Waals surface area contributed by atoms with Gasteiger partial charge in [0, 0.05) is 19.4 Å². The maximum atomic E-state index is 12.7. The third kappa shape index (κ3) is 3.72. The van der Waals surface area contributed by atoms with Crippen LogP contribution in [0, 0.1) is 0 Å². The molecule has 3 rings (SSSR count). The number of benzene rings is 1. The Balaban J connectivity index is 2.07. The van der Waals surface area contributed by atoms with Crippen molar-refractivity contribution < 1.29 is 17.9 Å². The molecule has 8 nitrogen and oxygen atoms in total. The summed E-state index contributed by atoms with van der Waals surface area (Å²) < 4.78 is 31.9. The fraction of sp³-hybridized carbons (Fsp3) is 0.471. The van der Waals surface area contributed by atoms with E-state index in [1.807, 2.05) is 0 Å². The van der Waals surface area contributed by atoms with E-state index in [-0.39, 0.29) is 5.69 Å². The van der Waals surface area contributed by atoms with Crippen LogP contribution < -0.4 is 9.62 Å². The Bertz CT molecular complexity index is 949. The van der Waals surface area contributed by atoms with E-state index in [1.54, 1.807) is 32.9 Å². The molecule has 0 spiro atoms. The van der Waals surface area contributed by atoms with Crippen LogP contribution in [0.25, 0.3) is 11.0 Å². The van der Waals surface area contributed by atoms with Gasteiger partial charge in [0.1, 0.15) is 16.8 Å². The summed E-state index contributed by atoms with van der Waals surface area (Å²) in [6.45, 7) is 5.26. The van der Waals surface area contributed by atoms with Gasteiger partial charge in [0.2, 0.25) is 10.0 Å².